The highest BCUT2D eigenvalue weighted by Gasteiger charge is 2.54. The van der Waals surface area contributed by atoms with Crippen LogP contribution in [0.4, 0.5) is 4.79 Å². The molecule has 1 amide bonds. The second-order valence-electron chi connectivity index (χ2n) is 6.25. The minimum Gasteiger partial charge on any atom is -0.444 e. The molecule has 0 aromatic heterocycles. The number of epoxide rings is 1. The number of amides is 1. The molecule has 0 N–H and O–H groups in total. The molecule has 0 aromatic carbocycles. The van der Waals surface area contributed by atoms with E-state index in [2.05, 4.69) is 6.58 Å². The second-order valence-corrected chi connectivity index (χ2v) is 6.25. The van der Waals surface area contributed by atoms with Crippen LogP contribution in [0.1, 0.15) is 33.6 Å². The molecule has 2 saturated heterocycles. The SMILES string of the molecule is C=CCC1CN(C(=O)OC(C)(C)C)CCC12CO2. The summed E-state index contributed by atoms with van der Waals surface area (Å²) in [5.41, 5.74) is -0.414. The molecule has 0 saturated carbocycles. The normalized spacial score (nSPS) is 31.3. The van der Waals surface area contributed by atoms with Crippen LogP contribution >= 0.6 is 0 Å². The summed E-state index contributed by atoms with van der Waals surface area (Å²) in [7, 11) is 0. The highest BCUT2D eigenvalue weighted by atomic mass is 16.6. The van der Waals surface area contributed by atoms with Crippen molar-refractivity contribution >= 4 is 6.09 Å². The Morgan fingerprint density at radius 1 is 1.61 bits per heavy atom. The van der Waals surface area contributed by atoms with Gasteiger partial charge < -0.3 is 14.4 Å². The molecular formula is C14H23NO3. The van der Waals surface area contributed by atoms with Gasteiger partial charge in [0.1, 0.15) is 5.60 Å². The number of ether oxygens (including phenoxy) is 2. The summed E-state index contributed by atoms with van der Waals surface area (Å²) in [6.07, 6.45) is 3.49. The van der Waals surface area contributed by atoms with Gasteiger partial charge in [-0.15, -0.1) is 6.58 Å². The van der Waals surface area contributed by atoms with Crippen molar-refractivity contribution in [3.05, 3.63) is 12.7 Å². The summed E-state index contributed by atoms with van der Waals surface area (Å²) in [4.78, 5) is 13.8. The van der Waals surface area contributed by atoms with Gasteiger partial charge in [-0.05, 0) is 33.6 Å². The van der Waals surface area contributed by atoms with Gasteiger partial charge in [0.2, 0.25) is 0 Å². The molecule has 0 bridgehead atoms. The molecule has 0 aliphatic carbocycles. The van der Waals surface area contributed by atoms with E-state index in [4.69, 9.17) is 9.47 Å². The Balaban J connectivity index is 1.95. The third kappa shape index (κ3) is 2.86. The lowest BCUT2D eigenvalue weighted by atomic mass is 9.83. The van der Waals surface area contributed by atoms with Gasteiger partial charge in [0.25, 0.3) is 0 Å². The third-order valence-corrected chi connectivity index (χ3v) is 3.61. The molecule has 0 aromatic rings. The summed E-state index contributed by atoms with van der Waals surface area (Å²) in [6.45, 7) is 11.7. The standard InChI is InChI=1S/C14H23NO3/c1-5-6-11-9-15(8-7-14(11)10-17-14)12(16)18-13(2,3)4/h5,11H,1,6-10H2,2-4H3. The molecule has 4 heteroatoms. The van der Waals surface area contributed by atoms with Gasteiger partial charge in [0, 0.05) is 19.0 Å². The van der Waals surface area contributed by atoms with Crippen molar-refractivity contribution in [2.75, 3.05) is 19.7 Å². The van der Waals surface area contributed by atoms with Crippen LogP contribution in [0.2, 0.25) is 0 Å². The van der Waals surface area contributed by atoms with Gasteiger partial charge in [-0.1, -0.05) is 6.08 Å². The van der Waals surface area contributed by atoms with Crippen LogP contribution in [0.3, 0.4) is 0 Å². The highest BCUT2D eigenvalue weighted by molar-refractivity contribution is 5.68. The molecule has 4 nitrogen and oxygen atoms in total. The predicted octanol–water partition coefficient (Wildman–Crippen LogP) is 2.59. The second kappa shape index (κ2) is 4.57. The summed E-state index contributed by atoms with van der Waals surface area (Å²) >= 11 is 0. The Bertz CT molecular complexity index is 341. The molecule has 2 heterocycles. The number of rotatable bonds is 2. The smallest absolute Gasteiger partial charge is 0.410 e. The minimum atomic E-state index is -0.434. The van der Waals surface area contributed by atoms with Crippen LogP contribution in [0, 0.1) is 5.92 Å². The molecule has 2 aliphatic rings. The largest absolute Gasteiger partial charge is 0.444 e. The quantitative estimate of drug-likeness (QED) is 0.561. The Kier molecular flexibility index (Phi) is 3.41. The van der Waals surface area contributed by atoms with E-state index in [1.807, 2.05) is 26.8 Å². The molecule has 2 unspecified atom stereocenters. The van der Waals surface area contributed by atoms with Crippen molar-refractivity contribution in [2.45, 2.75) is 44.8 Å². The van der Waals surface area contributed by atoms with Crippen molar-refractivity contribution in [1.29, 1.82) is 0 Å². The molecule has 2 rings (SSSR count). The van der Waals surface area contributed by atoms with Gasteiger partial charge >= 0.3 is 6.09 Å². The molecule has 2 atom stereocenters. The monoisotopic (exact) mass is 253 g/mol. The first-order valence-electron chi connectivity index (χ1n) is 6.59. The van der Waals surface area contributed by atoms with E-state index >= 15 is 0 Å². The molecule has 102 valence electrons. The maximum atomic E-state index is 12.0. The summed E-state index contributed by atoms with van der Waals surface area (Å²) in [6, 6.07) is 0. The fourth-order valence-corrected chi connectivity index (χ4v) is 2.51. The molecule has 2 aliphatic heterocycles. The first-order chi connectivity index (χ1) is 8.36. The Labute approximate surface area is 109 Å². The zero-order chi connectivity index (χ0) is 13.4. The van der Waals surface area contributed by atoms with Crippen molar-refractivity contribution in [1.82, 2.24) is 4.90 Å². The van der Waals surface area contributed by atoms with Crippen molar-refractivity contribution < 1.29 is 14.3 Å². The third-order valence-electron chi connectivity index (χ3n) is 3.61. The fraction of sp³-hybridized carbons (Fsp3) is 0.786. The lowest BCUT2D eigenvalue weighted by molar-refractivity contribution is 0.00638. The van der Waals surface area contributed by atoms with Gasteiger partial charge in [-0.25, -0.2) is 4.79 Å². The van der Waals surface area contributed by atoms with Crippen LogP contribution in [0.5, 0.6) is 0 Å². The van der Waals surface area contributed by atoms with Gasteiger partial charge in [-0.2, -0.15) is 0 Å². The lowest BCUT2D eigenvalue weighted by Crippen LogP contribution is -2.49. The lowest BCUT2D eigenvalue weighted by Gasteiger charge is -2.37. The topological polar surface area (TPSA) is 42.1 Å². The van der Waals surface area contributed by atoms with Crippen molar-refractivity contribution in [3.8, 4) is 0 Å². The fourth-order valence-electron chi connectivity index (χ4n) is 2.51. The number of piperidine rings is 1. The van der Waals surface area contributed by atoms with Gasteiger partial charge in [0.15, 0.2) is 0 Å². The molecule has 1 spiro atoms. The van der Waals surface area contributed by atoms with Crippen LogP contribution in [0.25, 0.3) is 0 Å². The maximum absolute atomic E-state index is 12.0. The van der Waals surface area contributed by atoms with E-state index in [0.717, 1.165) is 26.0 Å². The summed E-state index contributed by atoms with van der Waals surface area (Å²) in [5, 5.41) is 0. The predicted molar refractivity (Wildman–Crippen MR) is 69.4 cm³/mol. The molecule has 2 fully saturated rings. The maximum Gasteiger partial charge on any atom is 0.410 e. The van der Waals surface area contributed by atoms with Crippen LogP contribution in [0.15, 0.2) is 12.7 Å². The molecule has 0 radical (unpaired) electrons. The summed E-state index contributed by atoms with van der Waals surface area (Å²) < 4.78 is 11.0. The van der Waals surface area contributed by atoms with Crippen molar-refractivity contribution in [2.24, 2.45) is 5.92 Å². The Morgan fingerprint density at radius 3 is 2.78 bits per heavy atom. The number of carbonyl (C=O) groups excluding carboxylic acids is 1. The van der Waals surface area contributed by atoms with Crippen molar-refractivity contribution in [3.63, 3.8) is 0 Å². The van der Waals surface area contributed by atoms with E-state index in [0.29, 0.717) is 12.5 Å². The number of hydrogen-bond donors (Lipinski definition) is 0. The van der Waals surface area contributed by atoms with Crippen LogP contribution in [-0.2, 0) is 9.47 Å². The van der Waals surface area contributed by atoms with Gasteiger partial charge in [-0.3, -0.25) is 0 Å². The Morgan fingerprint density at radius 2 is 2.28 bits per heavy atom. The Hall–Kier alpha value is -1.03. The number of likely N-dealkylation sites (tertiary alicyclic amines) is 1. The number of allylic oxidation sites excluding steroid dienone is 1. The van der Waals surface area contributed by atoms with E-state index < -0.39 is 5.60 Å². The average Bonchev–Trinajstić information content (AvgIpc) is 3.00. The number of nitrogens with zero attached hydrogens (tertiary/aromatic N) is 1. The van der Waals surface area contributed by atoms with E-state index in [9.17, 15) is 4.79 Å². The minimum absolute atomic E-state index is 0.0205. The zero-order valence-electron chi connectivity index (χ0n) is 11.6. The first-order valence-corrected chi connectivity index (χ1v) is 6.59. The van der Waals surface area contributed by atoms with Crippen LogP contribution in [-0.4, -0.2) is 41.9 Å². The molecule has 18 heavy (non-hydrogen) atoms. The average molecular weight is 253 g/mol. The number of carbonyl (C=O) groups is 1. The first kappa shape index (κ1) is 13.4. The van der Waals surface area contributed by atoms with E-state index in [1.165, 1.54) is 0 Å². The van der Waals surface area contributed by atoms with Crippen LogP contribution < -0.4 is 0 Å². The van der Waals surface area contributed by atoms with E-state index in [1.54, 1.807) is 4.90 Å². The van der Waals surface area contributed by atoms with Gasteiger partial charge in [0.05, 0.1) is 12.2 Å². The number of hydrogen-bond acceptors (Lipinski definition) is 3. The molecular weight excluding hydrogens is 230 g/mol. The highest BCUT2D eigenvalue weighted by Crippen LogP contribution is 2.44. The van der Waals surface area contributed by atoms with E-state index in [-0.39, 0.29) is 11.7 Å². The zero-order valence-corrected chi connectivity index (χ0v) is 11.6. The summed E-state index contributed by atoms with van der Waals surface area (Å²) in [5.74, 6) is 0.358.